The molecule has 0 aliphatic heterocycles. The van der Waals surface area contributed by atoms with Crippen LogP contribution >= 0.6 is 0 Å². The first-order valence-electron chi connectivity index (χ1n) is 7.35. The van der Waals surface area contributed by atoms with Gasteiger partial charge in [-0.2, -0.15) is 9.76 Å². The van der Waals surface area contributed by atoms with E-state index in [2.05, 4.69) is 10.8 Å². The molecule has 0 spiro atoms. The quantitative estimate of drug-likeness (QED) is 0.684. The van der Waals surface area contributed by atoms with Gasteiger partial charge >= 0.3 is 5.97 Å². The van der Waals surface area contributed by atoms with Gasteiger partial charge in [-0.05, 0) is 31.2 Å². The average Bonchev–Trinajstić information content (AvgIpc) is 2.56. The van der Waals surface area contributed by atoms with E-state index in [-0.39, 0.29) is 5.91 Å². The highest BCUT2D eigenvalue weighted by Gasteiger charge is 2.13. The van der Waals surface area contributed by atoms with Gasteiger partial charge in [0.05, 0.1) is 4.90 Å². The van der Waals surface area contributed by atoms with Crippen molar-refractivity contribution in [1.29, 1.82) is 0 Å². The molecule has 7 nitrogen and oxygen atoms in total. The molecular formula is C15H26N2O5S. The number of hydroxylamine groups is 1. The summed E-state index contributed by atoms with van der Waals surface area (Å²) in [5, 5.41) is 11.2. The van der Waals surface area contributed by atoms with Crippen LogP contribution in [-0.2, 0) is 25.0 Å². The third-order valence-electron chi connectivity index (χ3n) is 2.04. The fraction of sp³-hybridized carbons (Fsp3) is 0.467. The molecule has 23 heavy (non-hydrogen) atoms. The van der Waals surface area contributed by atoms with Gasteiger partial charge in [0.2, 0.25) is 17.0 Å². The molecule has 0 heterocycles. The molecule has 0 saturated heterocycles. The van der Waals surface area contributed by atoms with Crippen LogP contribution in [0.4, 0.5) is 5.69 Å². The molecule has 0 aliphatic rings. The van der Waals surface area contributed by atoms with E-state index in [9.17, 15) is 13.8 Å². The molecule has 1 aromatic carbocycles. The Hall–Kier alpha value is -1.77. The van der Waals surface area contributed by atoms with E-state index >= 15 is 0 Å². The van der Waals surface area contributed by atoms with Crippen molar-refractivity contribution in [2.75, 3.05) is 5.32 Å². The van der Waals surface area contributed by atoms with E-state index in [4.69, 9.17) is 9.39 Å². The Morgan fingerprint density at radius 3 is 2.00 bits per heavy atom. The molecule has 8 heteroatoms. The second-order valence-electron chi connectivity index (χ2n) is 3.70. The fourth-order valence-corrected chi connectivity index (χ4v) is 1.75. The lowest BCUT2D eigenvalue weighted by atomic mass is 10.3. The number of hydrogen-bond acceptors (Lipinski definition) is 5. The fourth-order valence-electron chi connectivity index (χ4n) is 1.07. The van der Waals surface area contributed by atoms with Crippen LogP contribution in [0.3, 0.4) is 0 Å². The van der Waals surface area contributed by atoms with Crippen molar-refractivity contribution in [2.45, 2.75) is 52.5 Å². The number of rotatable bonds is 6. The largest absolute Gasteiger partial charge is 0.480 e. The van der Waals surface area contributed by atoms with Gasteiger partial charge in [0, 0.05) is 12.6 Å². The molecule has 2 atom stereocenters. The molecule has 1 rings (SSSR count). The molecule has 1 amide bonds. The minimum absolute atomic E-state index is 0.206. The van der Waals surface area contributed by atoms with Crippen LogP contribution in [0, 0.1) is 0 Å². The highest BCUT2D eigenvalue weighted by molar-refractivity contribution is 7.80. The molecule has 3 N–H and O–H groups in total. The van der Waals surface area contributed by atoms with E-state index in [1.807, 2.05) is 27.7 Å². The number of benzene rings is 1. The first kappa shape index (κ1) is 23.5. The lowest BCUT2D eigenvalue weighted by molar-refractivity contribution is -0.140. The van der Waals surface area contributed by atoms with Gasteiger partial charge in [0.15, 0.2) is 0 Å². The number of carbonyl (C=O) groups excluding carboxylic acids is 1. The highest BCUT2D eigenvalue weighted by atomic mass is 32.2. The summed E-state index contributed by atoms with van der Waals surface area (Å²) in [7, 11) is 0. The van der Waals surface area contributed by atoms with Crippen molar-refractivity contribution in [1.82, 2.24) is 5.48 Å². The maximum absolute atomic E-state index is 11.7. The lowest BCUT2D eigenvalue weighted by Crippen LogP contribution is -2.34. The topological polar surface area (TPSA) is 105 Å². The predicted octanol–water partition coefficient (Wildman–Crippen LogP) is 2.71. The minimum Gasteiger partial charge on any atom is -0.480 e. The van der Waals surface area contributed by atoms with Crippen molar-refractivity contribution < 1.29 is 23.2 Å². The summed E-state index contributed by atoms with van der Waals surface area (Å²) in [5.74, 6) is -1.32. The van der Waals surface area contributed by atoms with E-state index in [0.29, 0.717) is 10.6 Å². The van der Waals surface area contributed by atoms with Crippen molar-refractivity contribution in [2.24, 2.45) is 0 Å². The second kappa shape index (κ2) is 13.9. The third-order valence-corrected chi connectivity index (χ3v) is 2.94. The van der Waals surface area contributed by atoms with Gasteiger partial charge in [-0.1, -0.05) is 27.7 Å². The monoisotopic (exact) mass is 346 g/mol. The number of carboxylic acids is 1. The van der Waals surface area contributed by atoms with Gasteiger partial charge in [0.1, 0.15) is 6.04 Å². The van der Waals surface area contributed by atoms with Gasteiger partial charge in [-0.3, -0.25) is 9.59 Å². The number of amides is 1. The maximum atomic E-state index is 11.7. The first-order valence-corrected chi connectivity index (χ1v) is 8.42. The number of anilines is 1. The highest BCUT2D eigenvalue weighted by Crippen LogP contribution is 2.13. The standard InChI is InChI=1S/C11H14N2O5S.2C2H6/c1-7(11(15)16)13-18-19(17)10-5-3-9(4-6-10)12-8(2)14;2*1-2/h3-7,13H,1-2H3,(H,12,14)(H,15,16);2*1-2H3. The Balaban J connectivity index is 0. The summed E-state index contributed by atoms with van der Waals surface area (Å²) in [4.78, 5) is 21.7. The van der Waals surface area contributed by atoms with Crippen LogP contribution < -0.4 is 10.8 Å². The molecule has 0 fully saturated rings. The Morgan fingerprint density at radius 2 is 1.61 bits per heavy atom. The van der Waals surface area contributed by atoms with Crippen LogP contribution in [0.25, 0.3) is 0 Å². The molecule has 0 radical (unpaired) electrons. The first-order chi connectivity index (χ1) is 10.9. The number of hydrogen-bond donors (Lipinski definition) is 3. The maximum Gasteiger partial charge on any atom is 0.322 e. The van der Waals surface area contributed by atoms with Gasteiger partial charge in [0.25, 0.3) is 0 Å². The molecule has 132 valence electrons. The van der Waals surface area contributed by atoms with Crippen molar-refractivity contribution in [3.63, 3.8) is 0 Å². The Kier molecular flexibility index (Phi) is 14.2. The van der Waals surface area contributed by atoms with E-state index in [1.54, 1.807) is 12.1 Å². The second-order valence-corrected chi connectivity index (χ2v) is 4.81. The van der Waals surface area contributed by atoms with Gasteiger partial charge < -0.3 is 10.4 Å². The minimum atomic E-state index is -1.83. The van der Waals surface area contributed by atoms with Crippen LogP contribution in [0.15, 0.2) is 29.2 Å². The molecular weight excluding hydrogens is 320 g/mol. The zero-order chi connectivity index (χ0) is 18.4. The van der Waals surface area contributed by atoms with Gasteiger partial charge in [-0.25, -0.2) is 4.21 Å². The SMILES string of the molecule is CC.CC.CC(=O)Nc1ccc(S(=O)ONC(C)C(=O)O)cc1. The summed E-state index contributed by atoms with van der Waals surface area (Å²) in [6.45, 7) is 10.7. The van der Waals surface area contributed by atoms with Crippen LogP contribution in [0.1, 0.15) is 41.5 Å². The van der Waals surface area contributed by atoms with Crippen LogP contribution in [-0.4, -0.2) is 27.2 Å². The number of carboxylic acid groups (broad SMARTS) is 1. The van der Waals surface area contributed by atoms with Crippen molar-refractivity contribution in [3.05, 3.63) is 24.3 Å². The summed E-state index contributed by atoms with van der Waals surface area (Å²) in [5.41, 5.74) is 2.73. The summed E-state index contributed by atoms with van der Waals surface area (Å²) >= 11 is -1.83. The number of nitrogens with one attached hydrogen (secondary N) is 2. The zero-order valence-electron chi connectivity index (χ0n) is 14.4. The van der Waals surface area contributed by atoms with Crippen molar-refractivity contribution >= 4 is 28.6 Å². The Labute approximate surface area is 140 Å². The van der Waals surface area contributed by atoms with Gasteiger partial charge in [-0.15, -0.1) is 0 Å². The van der Waals surface area contributed by atoms with Crippen LogP contribution in [0.5, 0.6) is 0 Å². The van der Waals surface area contributed by atoms with E-state index in [0.717, 1.165) is 0 Å². The molecule has 1 aromatic rings. The van der Waals surface area contributed by atoms with E-state index in [1.165, 1.54) is 26.0 Å². The Morgan fingerprint density at radius 1 is 1.13 bits per heavy atom. The molecule has 0 bridgehead atoms. The zero-order valence-corrected chi connectivity index (χ0v) is 15.2. The molecule has 0 aromatic heterocycles. The average molecular weight is 346 g/mol. The summed E-state index contributed by atoms with van der Waals surface area (Å²) in [6.07, 6.45) is 0. The Bertz CT molecular complexity index is 491. The molecule has 0 saturated carbocycles. The third kappa shape index (κ3) is 10.6. The van der Waals surface area contributed by atoms with Crippen molar-refractivity contribution in [3.8, 4) is 0 Å². The number of carbonyl (C=O) groups is 2. The summed E-state index contributed by atoms with van der Waals surface area (Å²) < 4.78 is 16.4. The molecule has 0 aliphatic carbocycles. The summed E-state index contributed by atoms with van der Waals surface area (Å²) in [6, 6.07) is 5.18. The smallest absolute Gasteiger partial charge is 0.322 e. The van der Waals surface area contributed by atoms with E-state index < -0.39 is 23.1 Å². The lowest BCUT2D eigenvalue weighted by Gasteiger charge is -2.08. The predicted molar refractivity (Wildman–Crippen MR) is 91.2 cm³/mol. The number of aliphatic carboxylic acids is 1. The normalized spacial score (nSPS) is 11.7. The molecule has 2 unspecified atom stereocenters. The van der Waals surface area contributed by atoms with Crippen LogP contribution in [0.2, 0.25) is 0 Å².